The first-order valence-corrected chi connectivity index (χ1v) is 10.9. The molecule has 1 saturated heterocycles. The molecule has 0 radical (unpaired) electrons. The molecule has 4 rings (SSSR count). The Morgan fingerprint density at radius 3 is 2.67 bits per heavy atom. The summed E-state index contributed by atoms with van der Waals surface area (Å²) in [5.74, 6) is 1.73. The number of piperidine rings is 1. The second kappa shape index (κ2) is 8.47. The number of rotatable bonds is 5. The Kier molecular flexibility index (Phi) is 5.82. The normalized spacial score (nSPS) is 18.2. The van der Waals surface area contributed by atoms with Gasteiger partial charge in [-0.05, 0) is 62.7 Å². The van der Waals surface area contributed by atoms with Crippen molar-refractivity contribution < 1.29 is 0 Å². The molecule has 1 aromatic heterocycles. The maximum atomic E-state index is 5.16. The lowest BCUT2D eigenvalue weighted by Gasteiger charge is -2.26. The van der Waals surface area contributed by atoms with Crippen molar-refractivity contribution in [2.24, 2.45) is 0 Å². The van der Waals surface area contributed by atoms with E-state index in [1.807, 2.05) is 0 Å². The summed E-state index contributed by atoms with van der Waals surface area (Å²) in [6.07, 6.45) is 8.84. The van der Waals surface area contributed by atoms with Gasteiger partial charge in [0.2, 0.25) is 0 Å². The minimum absolute atomic E-state index is 0.489. The molecule has 27 heavy (non-hydrogen) atoms. The third-order valence-corrected chi connectivity index (χ3v) is 6.11. The molecule has 1 fully saturated rings. The molecular weight excluding hydrogens is 332 g/mol. The largest absolute Gasteiger partial charge is 0.370 e. The number of para-hydroxylation sites is 1. The minimum atomic E-state index is 0.489. The molecular formula is C23H34N4. The average molecular weight is 367 g/mol. The van der Waals surface area contributed by atoms with E-state index in [9.17, 15) is 0 Å². The molecule has 2 aromatic rings. The first-order chi connectivity index (χ1) is 13.2. The lowest BCUT2D eigenvalue weighted by molar-refractivity contribution is 0.230. The summed E-state index contributed by atoms with van der Waals surface area (Å²) in [7, 11) is 0. The van der Waals surface area contributed by atoms with Crippen LogP contribution in [0, 0.1) is 0 Å². The van der Waals surface area contributed by atoms with Crippen molar-refractivity contribution in [2.75, 3.05) is 31.5 Å². The molecule has 3 heterocycles. The molecule has 0 unspecified atom stereocenters. The lowest BCUT2D eigenvalue weighted by atomic mass is 10.0. The summed E-state index contributed by atoms with van der Waals surface area (Å²) in [4.78, 5) is 2.63. The molecule has 4 nitrogen and oxygen atoms in total. The van der Waals surface area contributed by atoms with E-state index < -0.39 is 0 Å². The molecule has 2 aliphatic rings. The smallest absolute Gasteiger partial charge is 0.133 e. The van der Waals surface area contributed by atoms with E-state index in [-0.39, 0.29) is 0 Å². The van der Waals surface area contributed by atoms with Gasteiger partial charge in [-0.25, -0.2) is 4.68 Å². The summed E-state index contributed by atoms with van der Waals surface area (Å²) >= 11 is 0. The van der Waals surface area contributed by atoms with Crippen LogP contribution >= 0.6 is 0 Å². The number of hydrogen-bond acceptors (Lipinski definition) is 3. The highest BCUT2D eigenvalue weighted by Gasteiger charge is 2.22. The fraction of sp³-hybridized carbons (Fsp3) is 0.609. The van der Waals surface area contributed by atoms with E-state index in [0.29, 0.717) is 5.92 Å². The SMILES string of the molecule is CC(C)c1ccccc1-n1nc(CCN2CCCCC2)c2c1NCCCC2. The van der Waals surface area contributed by atoms with Crippen LogP contribution in [0.25, 0.3) is 5.69 Å². The Balaban J connectivity index is 1.67. The van der Waals surface area contributed by atoms with Gasteiger partial charge in [0.05, 0.1) is 11.4 Å². The number of benzene rings is 1. The molecule has 0 spiro atoms. The molecule has 0 saturated carbocycles. The van der Waals surface area contributed by atoms with Gasteiger partial charge in [0.1, 0.15) is 5.82 Å². The van der Waals surface area contributed by atoms with E-state index in [1.165, 1.54) is 73.5 Å². The lowest BCUT2D eigenvalue weighted by Crippen LogP contribution is -2.31. The fourth-order valence-electron chi connectivity index (χ4n) is 4.56. The number of nitrogens with one attached hydrogen (secondary N) is 1. The first-order valence-electron chi connectivity index (χ1n) is 10.9. The van der Waals surface area contributed by atoms with Crippen LogP contribution < -0.4 is 5.32 Å². The van der Waals surface area contributed by atoms with Gasteiger partial charge in [0.15, 0.2) is 0 Å². The molecule has 4 heteroatoms. The predicted molar refractivity (Wildman–Crippen MR) is 113 cm³/mol. The maximum absolute atomic E-state index is 5.16. The van der Waals surface area contributed by atoms with Crippen LogP contribution in [0.4, 0.5) is 5.82 Å². The van der Waals surface area contributed by atoms with E-state index in [2.05, 4.69) is 53.0 Å². The van der Waals surface area contributed by atoms with Gasteiger partial charge in [0.25, 0.3) is 0 Å². The summed E-state index contributed by atoms with van der Waals surface area (Å²) in [5, 5.41) is 8.86. The van der Waals surface area contributed by atoms with Crippen LogP contribution in [0.15, 0.2) is 24.3 Å². The fourth-order valence-corrected chi connectivity index (χ4v) is 4.56. The van der Waals surface area contributed by atoms with Gasteiger partial charge in [-0.1, -0.05) is 38.5 Å². The van der Waals surface area contributed by atoms with E-state index in [1.54, 1.807) is 0 Å². The van der Waals surface area contributed by atoms with Crippen LogP contribution in [0.3, 0.4) is 0 Å². The molecule has 0 atom stereocenters. The van der Waals surface area contributed by atoms with Crippen molar-refractivity contribution in [3.8, 4) is 5.69 Å². The summed E-state index contributed by atoms with van der Waals surface area (Å²) in [6, 6.07) is 8.76. The Hall–Kier alpha value is -1.81. The zero-order valence-electron chi connectivity index (χ0n) is 17.0. The van der Waals surface area contributed by atoms with E-state index in [0.717, 1.165) is 25.9 Å². The Bertz CT molecular complexity index is 756. The highest BCUT2D eigenvalue weighted by Crippen LogP contribution is 2.31. The topological polar surface area (TPSA) is 33.1 Å². The Labute approximate surface area is 164 Å². The third kappa shape index (κ3) is 4.06. The van der Waals surface area contributed by atoms with Crippen molar-refractivity contribution in [3.63, 3.8) is 0 Å². The van der Waals surface area contributed by atoms with Gasteiger partial charge >= 0.3 is 0 Å². The van der Waals surface area contributed by atoms with Gasteiger partial charge in [-0.3, -0.25) is 0 Å². The van der Waals surface area contributed by atoms with Crippen molar-refractivity contribution in [1.82, 2.24) is 14.7 Å². The third-order valence-electron chi connectivity index (χ3n) is 6.11. The zero-order valence-corrected chi connectivity index (χ0v) is 17.0. The summed E-state index contributed by atoms with van der Waals surface area (Å²) in [6.45, 7) is 9.26. The number of hydrogen-bond donors (Lipinski definition) is 1. The molecule has 1 aromatic carbocycles. The number of likely N-dealkylation sites (tertiary alicyclic amines) is 1. The standard InChI is InChI=1S/C23H34N4/c1-18(2)19-10-4-5-12-22(19)27-23-20(11-6-7-14-24-23)21(25-27)13-17-26-15-8-3-9-16-26/h4-5,10,12,18,24H,3,6-9,11,13-17H2,1-2H3. The Morgan fingerprint density at radius 1 is 1.04 bits per heavy atom. The number of anilines is 1. The number of nitrogens with zero attached hydrogens (tertiary/aromatic N) is 3. The summed E-state index contributed by atoms with van der Waals surface area (Å²) in [5.41, 5.74) is 5.38. The van der Waals surface area contributed by atoms with Crippen molar-refractivity contribution in [2.45, 2.75) is 64.7 Å². The molecule has 0 aliphatic carbocycles. The van der Waals surface area contributed by atoms with E-state index in [4.69, 9.17) is 5.10 Å². The first kappa shape index (κ1) is 18.5. The Morgan fingerprint density at radius 2 is 1.85 bits per heavy atom. The van der Waals surface area contributed by atoms with Crippen molar-refractivity contribution in [3.05, 3.63) is 41.1 Å². The molecule has 146 valence electrons. The minimum Gasteiger partial charge on any atom is -0.370 e. The molecule has 0 bridgehead atoms. The number of aromatic nitrogens is 2. The predicted octanol–water partition coefficient (Wildman–Crippen LogP) is 4.77. The molecule has 1 N–H and O–H groups in total. The quantitative estimate of drug-likeness (QED) is 0.827. The monoisotopic (exact) mass is 366 g/mol. The van der Waals surface area contributed by atoms with Gasteiger partial charge in [-0.15, -0.1) is 0 Å². The molecule has 2 aliphatic heterocycles. The summed E-state index contributed by atoms with van der Waals surface area (Å²) < 4.78 is 2.21. The number of fused-ring (bicyclic) bond motifs is 1. The van der Waals surface area contributed by atoms with Crippen LogP contribution in [-0.4, -0.2) is 40.9 Å². The van der Waals surface area contributed by atoms with Crippen molar-refractivity contribution in [1.29, 1.82) is 0 Å². The van der Waals surface area contributed by atoms with Gasteiger partial charge in [-0.2, -0.15) is 5.10 Å². The average Bonchev–Trinajstić information content (AvgIpc) is 2.87. The van der Waals surface area contributed by atoms with Gasteiger partial charge < -0.3 is 10.2 Å². The van der Waals surface area contributed by atoms with Gasteiger partial charge in [0, 0.05) is 25.1 Å². The second-order valence-corrected chi connectivity index (χ2v) is 8.44. The van der Waals surface area contributed by atoms with Crippen LogP contribution in [0.2, 0.25) is 0 Å². The zero-order chi connectivity index (χ0) is 18.6. The van der Waals surface area contributed by atoms with E-state index >= 15 is 0 Å². The van der Waals surface area contributed by atoms with Crippen LogP contribution in [0.5, 0.6) is 0 Å². The maximum Gasteiger partial charge on any atom is 0.133 e. The highest BCUT2D eigenvalue weighted by molar-refractivity contribution is 5.56. The highest BCUT2D eigenvalue weighted by atomic mass is 15.3. The molecule has 0 amide bonds. The van der Waals surface area contributed by atoms with Crippen LogP contribution in [-0.2, 0) is 12.8 Å². The second-order valence-electron chi connectivity index (χ2n) is 8.44. The van der Waals surface area contributed by atoms with Crippen LogP contribution in [0.1, 0.15) is 68.7 Å². The van der Waals surface area contributed by atoms with Crippen molar-refractivity contribution >= 4 is 5.82 Å².